The van der Waals surface area contributed by atoms with Crippen LogP contribution in [0.3, 0.4) is 0 Å². The van der Waals surface area contributed by atoms with E-state index >= 15 is 0 Å². The van der Waals surface area contributed by atoms with E-state index in [-0.39, 0.29) is 0 Å². The SMILES string of the molecule is C[C@@H](Nc1ncnc2ncc(-c3ccc(Cl)cn3)cc12)c1cnc(C(F)(F)F)nc1. The van der Waals surface area contributed by atoms with Crippen LogP contribution in [0.5, 0.6) is 0 Å². The maximum absolute atomic E-state index is 12.7. The summed E-state index contributed by atoms with van der Waals surface area (Å²) >= 11 is 5.89. The summed E-state index contributed by atoms with van der Waals surface area (Å²) in [5.74, 6) is -0.717. The molecule has 0 amide bonds. The quantitative estimate of drug-likeness (QED) is 0.500. The molecular weight excluding hydrogens is 419 g/mol. The lowest BCUT2D eigenvalue weighted by atomic mass is 10.1. The average Bonchev–Trinajstić information content (AvgIpc) is 2.74. The van der Waals surface area contributed by atoms with Gasteiger partial charge in [-0.2, -0.15) is 13.2 Å². The van der Waals surface area contributed by atoms with Gasteiger partial charge < -0.3 is 5.32 Å². The highest BCUT2D eigenvalue weighted by atomic mass is 35.5. The van der Waals surface area contributed by atoms with Crippen LogP contribution in [0.4, 0.5) is 19.0 Å². The molecule has 0 aliphatic carbocycles. The topological polar surface area (TPSA) is 89.4 Å². The minimum absolute atomic E-state index is 0.414. The average molecular weight is 432 g/mol. The fourth-order valence-electron chi connectivity index (χ4n) is 2.74. The molecule has 152 valence electrons. The van der Waals surface area contributed by atoms with Crippen molar-refractivity contribution in [1.82, 2.24) is 29.9 Å². The maximum Gasteiger partial charge on any atom is 0.451 e. The van der Waals surface area contributed by atoms with Crippen molar-refractivity contribution in [3.8, 4) is 11.3 Å². The Hall–Kier alpha value is -3.40. The zero-order valence-corrected chi connectivity index (χ0v) is 16.1. The van der Waals surface area contributed by atoms with E-state index in [0.717, 1.165) is 18.0 Å². The summed E-state index contributed by atoms with van der Waals surface area (Å²) in [5, 5.41) is 4.30. The lowest BCUT2D eigenvalue weighted by Crippen LogP contribution is -2.14. The zero-order chi connectivity index (χ0) is 21.3. The van der Waals surface area contributed by atoms with E-state index in [4.69, 9.17) is 11.6 Å². The molecule has 0 spiro atoms. The molecule has 4 aromatic rings. The Labute approximate surface area is 173 Å². The number of anilines is 1. The molecule has 4 heterocycles. The molecule has 4 rings (SSSR count). The molecule has 7 nitrogen and oxygen atoms in total. The molecule has 30 heavy (non-hydrogen) atoms. The van der Waals surface area contributed by atoms with Crippen molar-refractivity contribution in [2.75, 3.05) is 5.32 Å². The van der Waals surface area contributed by atoms with E-state index < -0.39 is 18.0 Å². The third-order valence-electron chi connectivity index (χ3n) is 4.29. The molecule has 0 saturated carbocycles. The molecule has 0 bridgehead atoms. The Morgan fingerprint density at radius 3 is 2.37 bits per heavy atom. The molecule has 0 saturated heterocycles. The highest BCUT2D eigenvalue weighted by Crippen LogP contribution is 2.28. The summed E-state index contributed by atoms with van der Waals surface area (Å²) in [7, 11) is 0. The van der Waals surface area contributed by atoms with Gasteiger partial charge in [0.15, 0.2) is 5.65 Å². The number of rotatable bonds is 4. The highest BCUT2D eigenvalue weighted by molar-refractivity contribution is 6.30. The van der Waals surface area contributed by atoms with E-state index in [1.54, 1.807) is 25.3 Å². The van der Waals surface area contributed by atoms with Crippen molar-refractivity contribution in [2.24, 2.45) is 0 Å². The van der Waals surface area contributed by atoms with Crippen LogP contribution >= 0.6 is 11.6 Å². The molecule has 0 unspecified atom stereocenters. The number of nitrogens with one attached hydrogen (secondary N) is 1. The largest absolute Gasteiger partial charge is 0.451 e. The monoisotopic (exact) mass is 431 g/mol. The molecule has 1 atom stereocenters. The molecule has 0 aromatic carbocycles. The lowest BCUT2D eigenvalue weighted by molar-refractivity contribution is -0.145. The third-order valence-corrected chi connectivity index (χ3v) is 4.51. The van der Waals surface area contributed by atoms with Crippen LogP contribution < -0.4 is 5.32 Å². The minimum atomic E-state index is -4.59. The van der Waals surface area contributed by atoms with Gasteiger partial charge in [-0.05, 0) is 25.1 Å². The Bertz CT molecular complexity index is 1180. The van der Waals surface area contributed by atoms with Crippen molar-refractivity contribution in [1.29, 1.82) is 0 Å². The molecule has 0 aliphatic rings. The van der Waals surface area contributed by atoms with Crippen molar-refractivity contribution < 1.29 is 13.2 Å². The van der Waals surface area contributed by atoms with E-state index in [2.05, 4.69) is 35.2 Å². The van der Waals surface area contributed by atoms with Gasteiger partial charge in [0.05, 0.1) is 22.1 Å². The van der Waals surface area contributed by atoms with Crippen LogP contribution in [0.25, 0.3) is 22.3 Å². The summed E-state index contributed by atoms with van der Waals surface area (Å²) in [6.45, 7) is 1.76. The van der Waals surface area contributed by atoms with Crippen LogP contribution in [0.2, 0.25) is 5.02 Å². The Morgan fingerprint density at radius 2 is 1.70 bits per heavy atom. The number of hydrogen-bond acceptors (Lipinski definition) is 7. The second-order valence-electron chi connectivity index (χ2n) is 6.38. The third kappa shape index (κ3) is 4.13. The van der Waals surface area contributed by atoms with E-state index in [1.165, 1.54) is 12.5 Å². The molecule has 4 aromatic heterocycles. The van der Waals surface area contributed by atoms with Gasteiger partial charge in [0.2, 0.25) is 5.82 Å². The van der Waals surface area contributed by atoms with E-state index in [0.29, 0.717) is 33.1 Å². The summed E-state index contributed by atoms with van der Waals surface area (Å²) in [5.41, 5.74) is 2.34. The summed E-state index contributed by atoms with van der Waals surface area (Å²) in [6.07, 6.45) is 2.22. The molecule has 0 aliphatic heterocycles. The first kappa shape index (κ1) is 19.9. The number of halogens is 4. The van der Waals surface area contributed by atoms with Gasteiger partial charge >= 0.3 is 6.18 Å². The van der Waals surface area contributed by atoms with E-state index in [9.17, 15) is 13.2 Å². The zero-order valence-electron chi connectivity index (χ0n) is 15.4. The highest BCUT2D eigenvalue weighted by Gasteiger charge is 2.34. The first-order valence-electron chi connectivity index (χ1n) is 8.69. The van der Waals surface area contributed by atoms with Crippen LogP contribution in [-0.4, -0.2) is 29.9 Å². The predicted molar refractivity (Wildman–Crippen MR) is 105 cm³/mol. The van der Waals surface area contributed by atoms with Gasteiger partial charge in [0.25, 0.3) is 0 Å². The number of aromatic nitrogens is 6. The smallest absolute Gasteiger partial charge is 0.363 e. The second kappa shape index (κ2) is 7.79. The predicted octanol–water partition coefficient (Wildman–Crippen LogP) is 4.72. The van der Waals surface area contributed by atoms with Crippen molar-refractivity contribution in [3.05, 3.63) is 65.7 Å². The molecule has 0 radical (unpaired) electrons. The number of pyridine rings is 2. The summed E-state index contributed by atoms with van der Waals surface area (Å²) < 4.78 is 38.0. The summed E-state index contributed by atoms with van der Waals surface area (Å²) in [4.78, 5) is 23.8. The number of nitrogens with zero attached hydrogens (tertiary/aromatic N) is 6. The van der Waals surface area contributed by atoms with Crippen molar-refractivity contribution in [3.63, 3.8) is 0 Å². The Balaban J connectivity index is 1.65. The Kier molecular flexibility index (Phi) is 5.17. The molecule has 11 heteroatoms. The second-order valence-corrected chi connectivity index (χ2v) is 6.82. The number of hydrogen-bond donors (Lipinski definition) is 1. The normalized spacial score (nSPS) is 12.7. The fraction of sp³-hybridized carbons (Fsp3) is 0.158. The molecule has 1 N–H and O–H groups in total. The van der Waals surface area contributed by atoms with Gasteiger partial charge in [-0.25, -0.2) is 24.9 Å². The van der Waals surface area contributed by atoms with Crippen molar-refractivity contribution in [2.45, 2.75) is 19.1 Å². The van der Waals surface area contributed by atoms with Crippen LogP contribution in [0.1, 0.15) is 24.4 Å². The van der Waals surface area contributed by atoms with Gasteiger partial charge in [-0.3, -0.25) is 4.98 Å². The minimum Gasteiger partial charge on any atom is -0.363 e. The van der Waals surface area contributed by atoms with Gasteiger partial charge in [0.1, 0.15) is 12.1 Å². The molecule has 0 fully saturated rings. The van der Waals surface area contributed by atoms with Crippen LogP contribution in [0.15, 0.2) is 49.3 Å². The first-order chi connectivity index (χ1) is 14.3. The first-order valence-corrected chi connectivity index (χ1v) is 9.07. The fourth-order valence-corrected chi connectivity index (χ4v) is 2.86. The summed E-state index contributed by atoms with van der Waals surface area (Å²) in [6, 6.07) is 4.91. The standard InChI is InChI=1S/C19H13ClF3N7/c1-10(12-6-26-18(27-7-12)19(21,22)23)30-17-14-4-11(5-25-16(14)28-9-29-17)15-3-2-13(20)8-24-15/h2-10H,1H3,(H,25,28,29,30)/t10-/m1/s1. The molecular formula is C19H13ClF3N7. The van der Waals surface area contributed by atoms with Gasteiger partial charge in [0, 0.05) is 35.9 Å². The Morgan fingerprint density at radius 1 is 0.933 bits per heavy atom. The van der Waals surface area contributed by atoms with Crippen LogP contribution in [0, 0.1) is 0 Å². The van der Waals surface area contributed by atoms with Gasteiger partial charge in [-0.15, -0.1) is 0 Å². The number of fused-ring (bicyclic) bond motifs is 1. The number of alkyl halides is 3. The van der Waals surface area contributed by atoms with Gasteiger partial charge in [-0.1, -0.05) is 11.6 Å². The lowest BCUT2D eigenvalue weighted by Gasteiger charge is -2.16. The maximum atomic E-state index is 12.7. The van der Waals surface area contributed by atoms with Crippen LogP contribution in [-0.2, 0) is 6.18 Å². The van der Waals surface area contributed by atoms with E-state index in [1.807, 2.05) is 6.07 Å². The van der Waals surface area contributed by atoms with Crippen molar-refractivity contribution >= 4 is 28.5 Å².